The van der Waals surface area contributed by atoms with Crippen LogP contribution in [-0.2, 0) is 19.1 Å². The molecule has 236 valence electrons. The molecule has 0 heterocycles. The van der Waals surface area contributed by atoms with Crippen LogP contribution in [0.15, 0.2) is 36.5 Å². The first-order chi connectivity index (χ1) is 20.0. The number of esters is 1. The van der Waals surface area contributed by atoms with E-state index in [0.717, 1.165) is 70.6 Å². The van der Waals surface area contributed by atoms with Crippen LogP contribution in [0, 0.1) is 0 Å². The summed E-state index contributed by atoms with van der Waals surface area (Å²) in [5.74, 6) is -1.35. The Bertz CT molecular complexity index is 728. The van der Waals surface area contributed by atoms with Gasteiger partial charge < -0.3 is 15.2 Å². The number of ether oxygens (including phenoxy) is 1. The number of hydrogen-bond donors (Lipinski definition) is 2. The van der Waals surface area contributed by atoms with Gasteiger partial charge in [-0.1, -0.05) is 108 Å². The zero-order valence-electron chi connectivity index (χ0n) is 26.4. The zero-order chi connectivity index (χ0) is 30.2. The zero-order valence-corrected chi connectivity index (χ0v) is 26.4. The van der Waals surface area contributed by atoms with Gasteiger partial charge in [0.25, 0.3) is 0 Å². The van der Waals surface area contributed by atoms with Crippen molar-refractivity contribution < 1.29 is 24.2 Å². The molecule has 0 aliphatic carbocycles. The van der Waals surface area contributed by atoms with Crippen LogP contribution >= 0.6 is 0 Å². The highest BCUT2D eigenvalue weighted by molar-refractivity contribution is 5.80. The second-order valence-corrected chi connectivity index (χ2v) is 11.1. The van der Waals surface area contributed by atoms with Crippen molar-refractivity contribution in [2.75, 3.05) is 6.54 Å². The van der Waals surface area contributed by atoms with Gasteiger partial charge in [0.15, 0.2) is 0 Å². The van der Waals surface area contributed by atoms with Crippen LogP contribution in [0.2, 0.25) is 0 Å². The number of allylic oxidation sites excluding steroid dienone is 5. The van der Waals surface area contributed by atoms with Gasteiger partial charge in [0, 0.05) is 12.8 Å². The average molecular weight is 576 g/mol. The third kappa shape index (κ3) is 30.4. The number of nitrogens with one attached hydrogen (secondary N) is 1. The first-order valence-electron chi connectivity index (χ1n) is 16.6. The molecular formula is C35H61NO5. The normalized spacial score (nSPS) is 12.4. The number of unbranched alkanes of at least 4 members (excludes halogenated alkanes) is 14. The summed E-state index contributed by atoms with van der Waals surface area (Å²) in [7, 11) is 0. The van der Waals surface area contributed by atoms with Crippen molar-refractivity contribution in [2.24, 2.45) is 0 Å². The Morgan fingerprint density at radius 3 is 1.90 bits per heavy atom. The van der Waals surface area contributed by atoms with E-state index in [4.69, 9.17) is 9.84 Å². The molecule has 0 aromatic rings. The van der Waals surface area contributed by atoms with Crippen molar-refractivity contribution in [3.8, 4) is 0 Å². The van der Waals surface area contributed by atoms with Crippen LogP contribution < -0.4 is 5.32 Å². The molecular weight excluding hydrogens is 514 g/mol. The lowest BCUT2D eigenvalue weighted by atomic mass is 10.1. The van der Waals surface area contributed by atoms with Crippen molar-refractivity contribution >= 4 is 17.8 Å². The molecule has 0 aliphatic rings. The first-order valence-corrected chi connectivity index (χ1v) is 16.6. The highest BCUT2D eigenvalue weighted by Gasteiger charge is 2.12. The molecule has 0 spiro atoms. The van der Waals surface area contributed by atoms with Crippen molar-refractivity contribution in [1.82, 2.24) is 5.32 Å². The fraction of sp³-hybridized carbons (Fsp3) is 0.743. The van der Waals surface area contributed by atoms with Gasteiger partial charge in [0.05, 0.1) is 0 Å². The molecule has 0 rings (SSSR count). The number of aliphatic carboxylic acids is 1. The number of carboxylic acids is 1. The van der Waals surface area contributed by atoms with Gasteiger partial charge in [-0.2, -0.15) is 0 Å². The molecule has 0 saturated heterocycles. The molecule has 0 saturated carbocycles. The molecule has 0 aromatic carbocycles. The number of carboxylic acid groups (broad SMARTS) is 1. The number of amides is 1. The summed E-state index contributed by atoms with van der Waals surface area (Å²) < 4.78 is 5.83. The molecule has 6 nitrogen and oxygen atoms in total. The summed E-state index contributed by atoms with van der Waals surface area (Å²) >= 11 is 0. The number of hydrogen-bond acceptors (Lipinski definition) is 4. The van der Waals surface area contributed by atoms with Crippen LogP contribution in [0.3, 0.4) is 0 Å². The summed E-state index contributed by atoms with van der Waals surface area (Å²) in [5, 5.41) is 11.0. The Hall–Kier alpha value is -2.37. The monoisotopic (exact) mass is 575 g/mol. The van der Waals surface area contributed by atoms with Crippen LogP contribution in [0.25, 0.3) is 0 Å². The first kappa shape index (κ1) is 38.6. The summed E-state index contributed by atoms with van der Waals surface area (Å²) in [6, 6.07) is 0. The summed E-state index contributed by atoms with van der Waals surface area (Å²) in [6.45, 7) is 4.10. The SMILES string of the molecule is CCCC/C=C\C/C=C\CCCCCCCC(=O)OC(/C=C\CCCCCC)CCCCCCC(=O)NCC(=O)O. The van der Waals surface area contributed by atoms with Crippen LogP contribution in [-0.4, -0.2) is 35.6 Å². The highest BCUT2D eigenvalue weighted by atomic mass is 16.5. The largest absolute Gasteiger partial charge is 0.480 e. The molecule has 6 heteroatoms. The van der Waals surface area contributed by atoms with Crippen molar-refractivity contribution in [3.05, 3.63) is 36.5 Å². The Balaban J connectivity index is 4.13. The number of carbonyl (C=O) groups excluding carboxylic acids is 2. The van der Waals surface area contributed by atoms with E-state index in [1.807, 2.05) is 0 Å². The fourth-order valence-electron chi connectivity index (χ4n) is 4.50. The third-order valence-corrected chi connectivity index (χ3v) is 7.02. The molecule has 0 aliphatic heterocycles. The Labute approximate surface area is 251 Å². The third-order valence-electron chi connectivity index (χ3n) is 7.02. The number of rotatable bonds is 29. The predicted octanol–water partition coefficient (Wildman–Crippen LogP) is 9.39. The smallest absolute Gasteiger partial charge is 0.322 e. The molecule has 1 atom stereocenters. The van der Waals surface area contributed by atoms with Gasteiger partial charge in [-0.05, 0) is 70.3 Å². The van der Waals surface area contributed by atoms with E-state index in [1.54, 1.807) is 0 Å². The van der Waals surface area contributed by atoms with E-state index in [0.29, 0.717) is 12.8 Å². The molecule has 41 heavy (non-hydrogen) atoms. The van der Waals surface area contributed by atoms with E-state index in [9.17, 15) is 14.4 Å². The topological polar surface area (TPSA) is 92.7 Å². The van der Waals surface area contributed by atoms with Gasteiger partial charge >= 0.3 is 11.9 Å². The average Bonchev–Trinajstić information content (AvgIpc) is 2.95. The molecule has 2 N–H and O–H groups in total. The molecule has 0 aromatic heterocycles. The maximum atomic E-state index is 12.5. The van der Waals surface area contributed by atoms with Gasteiger partial charge in [-0.3, -0.25) is 14.4 Å². The van der Waals surface area contributed by atoms with E-state index in [1.165, 1.54) is 57.8 Å². The maximum Gasteiger partial charge on any atom is 0.322 e. The second-order valence-electron chi connectivity index (χ2n) is 11.1. The van der Waals surface area contributed by atoms with E-state index < -0.39 is 5.97 Å². The lowest BCUT2D eigenvalue weighted by Gasteiger charge is -2.15. The fourth-order valence-corrected chi connectivity index (χ4v) is 4.50. The Morgan fingerprint density at radius 2 is 1.22 bits per heavy atom. The molecule has 1 unspecified atom stereocenters. The molecule has 0 fully saturated rings. The van der Waals surface area contributed by atoms with E-state index in [-0.39, 0.29) is 24.5 Å². The van der Waals surface area contributed by atoms with E-state index >= 15 is 0 Å². The van der Waals surface area contributed by atoms with Gasteiger partial charge in [0.1, 0.15) is 12.6 Å². The summed E-state index contributed by atoms with van der Waals surface area (Å²) in [6.07, 6.45) is 35.6. The summed E-state index contributed by atoms with van der Waals surface area (Å²) in [4.78, 5) is 34.6. The standard InChI is InChI=1S/C35H61NO5/c1-3-5-7-9-11-12-13-14-15-16-17-18-20-26-30-35(40)41-32(27-23-19-10-8-6-4-2)28-24-21-22-25-29-33(37)36-31-34(38)39/h9,11,13-14,23,27,32H,3-8,10,12,15-22,24-26,28-31H2,1-2H3,(H,36,37)(H,38,39)/b11-9-,14-13-,27-23-. The van der Waals surface area contributed by atoms with Crippen LogP contribution in [0.5, 0.6) is 0 Å². The Morgan fingerprint density at radius 1 is 0.659 bits per heavy atom. The molecule has 0 bridgehead atoms. The second kappa shape index (κ2) is 30.6. The van der Waals surface area contributed by atoms with Crippen molar-refractivity contribution in [2.45, 2.75) is 161 Å². The Kier molecular flexibility index (Phi) is 28.8. The predicted molar refractivity (Wildman–Crippen MR) is 171 cm³/mol. The van der Waals surface area contributed by atoms with Crippen LogP contribution in [0.4, 0.5) is 0 Å². The van der Waals surface area contributed by atoms with Gasteiger partial charge in [-0.25, -0.2) is 0 Å². The number of carbonyl (C=O) groups is 3. The lowest BCUT2D eigenvalue weighted by Crippen LogP contribution is -2.28. The van der Waals surface area contributed by atoms with Crippen LogP contribution in [0.1, 0.15) is 155 Å². The highest BCUT2D eigenvalue weighted by Crippen LogP contribution is 2.15. The van der Waals surface area contributed by atoms with E-state index in [2.05, 4.69) is 55.6 Å². The minimum atomic E-state index is -1.03. The minimum absolute atomic E-state index is 0.101. The van der Waals surface area contributed by atoms with Gasteiger partial charge in [0.2, 0.25) is 5.91 Å². The van der Waals surface area contributed by atoms with Gasteiger partial charge in [-0.15, -0.1) is 0 Å². The van der Waals surface area contributed by atoms with Crippen molar-refractivity contribution in [3.63, 3.8) is 0 Å². The quantitative estimate of drug-likeness (QED) is 0.0526. The lowest BCUT2D eigenvalue weighted by molar-refractivity contribution is -0.147. The van der Waals surface area contributed by atoms with Crippen molar-refractivity contribution in [1.29, 1.82) is 0 Å². The molecule has 1 amide bonds. The maximum absolute atomic E-state index is 12.5. The minimum Gasteiger partial charge on any atom is -0.480 e. The molecule has 0 radical (unpaired) electrons. The summed E-state index contributed by atoms with van der Waals surface area (Å²) in [5.41, 5.74) is 0.